The van der Waals surface area contributed by atoms with Gasteiger partial charge in [0.15, 0.2) is 6.10 Å². The Morgan fingerprint density at radius 1 is 1.15 bits per heavy atom. The van der Waals surface area contributed by atoms with Crippen molar-refractivity contribution in [3.8, 4) is 17.3 Å². The van der Waals surface area contributed by atoms with E-state index in [1.807, 2.05) is 36.4 Å². The van der Waals surface area contributed by atoms with Crippen LogP contribution >= 0.6 is 0 Å². The smallest absolute Gasteiger partial charge is 0.342 e. The number of ether oxygens (including phenoxy) is 1. The molecule has 134 valence electrons. The van der Waals surface area contributed by atoms with Crippen molar-refractivity contribution in [3.05, 3.63) is 71.9 Å². The van der Waals surface area contributed by atoms with Crippen LogP contribution in [0.25, 0.3) is 11.3 Å². The molecule has 3 rings (SSSR count). The first-order valence-electron chi connectivity index (χ1n) is 8.20. The van der Waals surface area contributed by atoms with Gasteiger partial charge in [0.1, 0.15) is 11.6 Å². The van der Waals surface area contributed by atoms with Crippen molar-refractivity contribution in [1.29, 1.82) is 5.26 Å². The Balaban J connectivity index is 1.71. The molecule has 0 saturated carbocycles. The number of carbonyl (C=O) groups excluding carboxylic acids is 2. The standard InChI is InChI=1S/C20H16N4O3/c1-13(19(25)23-17-10-6-5-9-15(17)11-21)27-20(26)16-12-22-24-18(16)14-7-3-2-4-8-14/h2-10,12-13H,1H3,(H,22,24)(H,23,25)/t13-/m0/s1. The second-order valence-electron chi connectivity index (χ2n) is 5.72. The molecule has 0 aliphatic rings. The normalized spacial score (nSPS) is 11.3. The van der Waals surface area contributed by atoms with Crippen molar-refractivity contribution >= 4 is 17.6 Å². The lowest BCUT2D eigenvalue weighted by molar-refractivity contribution is -0.123. The predicted molar refractivity (Wildman–Crippen MR) is 98.7 cm³/mol. The van der Waals surface area contributed by atoms with Gasteiger partial charge in [0.2, 0.25) is 0 Å². The molecule has 0 bridgehead atoms. The van der Waals surface area contributed by atoms with Crippen molar-refractivity contribution in [3.63, 3.8) is 0 Å². The van der Waals surface area contributed by atoms with E-state index in [4.69, 9.17) is 10.00 Å². The summed E-state index contributed by atoms with van der Waals surface area (Å²) in [5.74, 6) is -1.20. The monoisotopic (exact) mass is 360 g/mol. The van der Waals surface area contributed by atoms with Crippen molar-refractivity contribution in [1.82, 2.24) is 10.2 Å². The van der Waals surface area contributed by atoms with Gasteiger partial charge in [0, 0.05) is 5.56 Å². The Labute approximate surface area is 155 Å². The number of nitrogens with one attached hydrogen (secondary N) is 2. The highest BCUT2D eigenvalue weighted by atomic mass is 16.5. The lowest BCUT2D eigenvalue weighted by Gasteiger charge is -2.14. The maximum atomic E-state index is 12.5. The Morgan fingerprint density at radius 3 is 2.59 bits per heavy atom. The number of para-hydroxylation sites is 1. The Hall–Kier alpha value is -3.92. The van der Waals surface area contributed by atoms with Gasteiger partial charge >= 0.3 is 5.97 Å². The van der Waals surface area contributed by atoms with Crippen molar-refractivity contribution < 1.29 is 14.3 Å². The summed E-state index contributed by atoms with van der Waals surface area (Å²) in [6.07, 6.45) is 0.308. The molecule has 27 heavy (non-hydrogen) atoms. The summed E-state index contributed by atoms with van der Waals surface area (Å²) in [6, 6.07) is 17.8. The Kier molecular flexibility index (Phi) is 5.28. The number of rotatable bonds is 5. The van der Waals surface area contributed by atoms with Crippen LogP contribution in [0.4, 0.5) is 5.69 Å². The first kappa shape index (κ1) is 17.9. The maximum absolute atomic E-state index is 12.5. The van der Waals surface area contributed by atoms with E-state index in [1.54, 1.807) is 24.3 Å². The van der Waals surface area contributed by atoms with Crippen LogP contribution in [0.5, 0.6) is 0 Å². The lowest BCUT2D eigenvalue weighted by Crippen LogP contribution is -2.30. The topological polar surface area (TPSA) is 108 Å². The number of carbonyl (C=O) groups is 2. The largest absolute Gasteiger partial charge is 0.449 e. The summed E-state index contributed by atoms with van der Waals surface area (Å²) in [5.41, 5.74) is 2.22. The van der Waals surface area contributed by atoms with Gasteiger partial charge in [-0.1, -0.05) is 42.5 Å². The molecule has 0 aliphatic carbocycles. The molecular weight excluding hydrogens is 344 g/mol. The third kappa shape index (κ3) is 4.02. The van der Waals surface area contributed by atoms with Gasteiger partial charge in [-0.2, -0.15) is 10.4 Å². The predicted octanol–water partition coefficient (Wildman–Crippen LogP) is 3.13. The second kappa shape index (κ2) is 7.97. The summed E-state index contributed by atoms with van der Waals surface area (Å²) in [4.78, 5) is 24.8. The number of H-pyrrole nitrogens is 1. The molecule has 2 aromatic carbocycles. The minimum absolute atomic E-state index is 0.235. The van der Waals surface area contributed by atoms with E-state index in [0.29, 0.717) is 16.9 Å². The zero-order valence-corrected chi connectivity index (χ0v) is 14.5. The van der Waals surface area contributed by atoms with E-state index in [0.717, 1.165) is 5.56 Å². The number of nitrogens with zero attached hydrogens (tertiary/aromatic N) is 2. The van der Waals surface area contributed by atoms with Crippen molar-refractivity contribution in [2.24, 2.45) is 0 Å². The fourth-order valence-corrected chi connectivity index (χ4v) is 2.47. The molecule has 7 nitrogen and oxygen atoms in total. The Bertz CT molecular complexity index is 1010. The molecule has 1 atom stereocenters. The molecule has 0 saturated heterocycles. The van der Waals surface area contributed by atoms with Gasteiger partial charge in [0.25, 0.3) is 5.91 Å². The van der Waals surface area contributed by atoms with Crippen LogP contribution in [-0.2, 0) is 9.53 Å². The van der Waals surface area contributed by atoms with E-state index >= 15 is 0 Å². The molecule has 3 aromatic rings. The first-order valence-corrected chi connectivity index (χ1v) is 8.20. The van der Waals surface area contributed by atoms with Gasteiger partial charge in [0.05, 0.1) is 23.1 Å². The molecule has 0 unspecified atom stereocenters. The Morgan fingerprint density at radius 2 is 1.85 bits per heavy atom. The number of benzene rings is 2. The average Bonchev–Trinajstić information content (AvgIpc) is 3.19. The van der Waals surface area contributed by atoms with Crippen molar-refractivity contribution in [2.45, 2.75) is 13.0 Å². The first-order chi connectivity index (χ1) is 13.1. The number of anilines is 1. The van der Waals surface area contributed by atoms with Crippen LogP contribution < -0.4 is 5.32 Å². The van der Waals surface area contributed by atoms with Gasteiger partial charge < -0.3 is 10.1 Å². The SMILES string of the molecule is C[C@H](OC(=O)c1cn[nH]c1-c1ccccc1)C(=O)Nc1ccccc1C#N. The molecule has 0 radical (unpaired) electrons. The van der Waals surface area contributed by atoms with Crippen LogP contribution in [0, 0.1) is 11.3 Å². The number of aromatic amines is 1. The van der Waals surface area contributed by atoms with Gasteiger partial charge in [-0.15, -0.1) is 0 Å². The molecule has 0 fully saturated rings. The number of amides is 1. The van der Waals surface area contributed by atoms with Crippen LogP contribution in [0.3, 0.4) is 0 Å². The third-order valence-electron chi connectivity index (χ3n) is 3.88. The van der Waals surface area contributed by atoms with E-state index in [1.165, 1.54) is 13.1 Å². The maximum Gasteiger partial charge on any atom is 0.342 e. The number of esters is 1. The molecule has 0 spiro atoms. The zero-order valence-electron chi connectivity index (χ0n) is 14.5. The number of aromatic nitrogens is 2. The quantitative estimate of drug-likeness (QED) is 0.680. The second-order valence-corrected chi connectivity index (χ2v) is 5.72. The summed E-state index contributed by atoms with van der Waals surface area (Å²) >= 11 is 0. The number of hydrogen-bond donors (Lipinski definition) is 2. The average molecular weight is 360 g/mol. The van der Waals surface area contributed by atoms with E-state index in [-0.39, 0.29) is 5.56 Å². The zero-order chi connectivity index (χ0) is 19.2. The highest BCUT2D eigenvalue weighted by molar-refractivity contribution is 6.00. The minimum Gasteiger partial charge on any atom is -0.449 e. The molecule has 1 heterocycles. The third-order valence-corrected chi connectivity index (χ3v) is 3.88. The van der Waals surface area contributed by atoms with Crippen LogP contribution in [0.2, 0.25) is 0 Å². The van der Waals surface area contributed by atoms with Crippen LogP contribution in [0.15, 0.2) is 60.8 Å². The highest BCUT2D eigenvalue weighted by Gasteiger charge is 2.23. The molecular formula is C20H16N4O3. The van der Waals surface area contributed by atoms with E-state index < -0.39 is 18.0 Å². The fraction of sp³-hybridized carbons (Fsp3) is 0.100. The molecule has 1 aromatic heterocycles. The van der Waals surface area contributed by atoms with Gasteiger partial charge in [-0.05, 0) is 19.1 Å². The molecule has 1 amide bonds. The van der Waals surface area contributed by atoms with E-state index in [9.17, 15) is 9.59 Å². The van der Waals surface area contributed by atoms with Crippen LogP contribution in [-0.4, -0.2) is 28.2 Å². The van der Waals surface area contributed by atoms with Crippen LogP contribution in [0.1, 0.15) is 22.8 Å². The minimum atomic E-state index is -1.05. The highest BCUT2D eigenvalue weighted by Crippen LogP contribution is 2.22. The molecule has 0 aliphatic heterocycles. The molecule has 7 heteroatoms. The van der Waals surface area contributed by atoms with Gasteiger partial charge in [-0.3, -0.25) is 9.89 Å². The van der Waals surface area contributed by atoms with E-state index in [2.05, 4.69) is 15.5 Å². The van der Waals surface area contributed by atoms with Crippen molar-refractivity contribution in [2.75, 3.05) is 5.32 Å². The summed E-state index contributed by atoms with van der Waals surface area (Å²) in [5, 5.41) is 18.4. The molecule has 2 N–H and O–H groups in total. The summed E-state index contributed by atoms with van der Waals surface area (Å²) in [7, 11) is 0. The fourth-order valence-electron chi connectivity index (χ4n) is 2.47. The summed E-state index contributed by atoms with van der Waals surface area (Å²) in [6.45, 7) is 1.46. The lowest BCUT2D eigenvalue weighted by atomic mass is 10.1. The summed E-state index contributed by atoms with van der Waals surface area (Å²) < 4.78 is 5.27. The number of nitriles is 1. The van der Waals surface area contributed by atoms with Gasteiger partial charge in [-0.25, -0.2) is 4.79 Å². The number of hydrogen-bond acceptors (Lipinski definition) is 5.